The second kappa shape index (κ2) is 6.87. The summed E-state index contributed by atoms with van der Waals surface area (Å²) in [5, 5.41) is 19.9. The summed E-state index contributed by atoms with van der Waals surface area (Å²) in [5.74, 6) is -1.16. The van der Waals surface area contributed by atoms with Crippen molar-refractivity contribution < 1.29 is 9.90 Å². The lowest BCUT2D eigenvalue weighted by atomic mass is 9.60. The molecule has 6 heteroatoms. The standard InChI is InChI=1S/C19H22BrN3O2/c1-11-14(10-21)17(13-7-8-22-16(20)9-13)19(2,18(24)25)15(23-11)6-5-12-3-4-12/h7-9,12,14-15,17H,3-6H2,1-2H3,(H,24,25). The highest BCUT2D eigenvalue weighted by Crippen LogP contribution is 2.51. The van der Waals surface area contributed by atoms with Gasteiger partial charge in [-0.1, -0.05) is 12.8 Å². The molecular formula is C19H22BrN3O2. The maximum absolute atomic E-state index is 12.4. The van der Waals surface area contributed by atoms with Crippen LogP contribution in [0.5, 0.6) is 0 Å². The molecule has 1 saturated carbocycles. The number of aliphatic imine (C=N–C) groups is 1. The number of carboxylic acid groups (broad SMARTS) is 1. The molecule has 0 radical (unpaired) electrons. The van der Waals surface area contributed by atoms with Crippen LogP contribution in [0.1, 0.15) is 51.0 Å². The summed E-state index contributed by atoms with van der Waals surface area (Å²) in [6.07, 6.45) is 5.89. The van der Waals surface area contributed by atoms with E-state index < -0.39 is 23.2 Å². The lowest BCUT2D eigenvalue weighted by Crippen LogP contribution is -2.51. The van der Waals surface area contributed by atoms with E-state index in [-0.39, 0.29) is 6.04 Å². The van der Waals surface area contributed by atoms with Crippen molar-refractivity contribution in [2.75, 3.05) is 0 Å². The molecule has 1 fully saturated rings. The summed E-state index contributed by atoms with van der Waals surface area (Å²) in [6, 6.07) is 5.63. The van der Waals surface area contributed by atoms with Gasteiger partial charge in [-0.2, -0.15) is 5.26 Å². The van der Waals surface area contributed by atoms with E-state index in [4.69, 9.17) is 4.99 Å². The topological polar surface area (TPSA) is 86.3 Å². The highest BCUT2D eigenvalue weighted by atomic mass is 79.9. The van der Waals surface area contributed by atoms with Gasteiger partial charge < -0.3 is 5.11 Å². The van der Waals surface area contributed by atoms with Gasteiger partial charge in [0.05, 0.1) is 23.4 Å². The van der Waals surface area contributed by atoms with E-state index in [0.29, 0.717) is 4.60 Å². The number of carbonyl (C=O) groups is 1. The molecule has 0 aromatic carbocycles. The molecule has 3 rings (SSSR count). The highest BCUT2D eigenvalue weighted by molar-refractivity contribution is 9.10. The Hall–Kier alpha value is -1.74. The summed E-state index contributed by atoms with van der Waals surface area (Å²) >= 11 is 3.36. The van der Waals surface area contributed by atoms with Crippen molar-refractivity contribution in [2.45, 2.75) is 51.5 Å². The number of carboxylic acids is 1. The van der Waals surface area contributed by atoms with Gasteiger partial charge in [-0.15, -0.1) is 0 Å². The van der Waals surface area contributed by atoms with Crippen molar-refractivity contribution in [1.29, 1.82) is 5.26 Å². The molecule has 1 aromatic heterocycles. The number of nitriles is 1. The molecule has 25 heavy (non-hydrogen) atoms. The van der Waals surface area contributed by atoms with Gasteiger partial charge in [0.1, 0.15) is 4.60 Å². The van der Waals surface area contributed by atoms with Crippen molar-refractivity contribution >= 4 is 27.6 Å². The van der Waals surface area contributed by atoms with E-state index in [0.717, 1.165) is 30.0 Å². The summed E-state index contributed by atoms with van der Waals surface area (Å²) in [6.45, 7) is 3.61. The first-order valence-corrected chi connectivity index (χ1v) is 9.46. The molecule has 2 aliphatic rings. The Morgan fingerprint density at radius 2 is 2.20 bits per heavy atom. The van der Waals surface area contributed by atoms with Crippen molar-refractivity contribution in [3.05, 3.63) is 28.5 Å². The third-order valence-electron chi connectivity index (χ3n) is 5.74. The van der Waals surface area contributed by atoms with Crippen LogP contribution in [0.3, 0.4) is 0 Å². The number of aromatic nitrogens is 1. The summed E-state index contributed by atoms with van der Waals surface area (Å²) in [7, 11) is 0. The molecule has 0 spiro atoms. The zero-order valence-corrected chi connectivity index (χ0v) is 16.0. The first-order valence-electron chi connectivity index (χ1n) is 8.66. The zero-order chi connectivity index (χ0) is 18.2. The first-order chi connectivity index (χ1) is 11.9. The van der Waals surface area contributed by atoms with Crippen molar-refractivity contribution in [3.8, 4) is 6.07 Å². The predicted molar refractivity (Wildman–Crippen MR) is 98.4 cm³/mol. The zero-order valence-electron chi connectivity index (χ0n) is 14.4. The third-order valence-corrected chi connectivity index (χ3v) is 6.17. The lowest BCUT2D eigenvalue weighted by molar-refractivity contribution is -0.151. The van der Waals surface area contributed by atoms with E-state index >= 15 is 0 Å². The Bertz CT molecular complexity index is 753. The Morgan fingerprint density at radius 1 is 1.48 bits per heavy atom. The van der Waals surface area contributed by atoms with Crippen molar-refractivity contribution in [3.63, 3.8) is 0 Å². The monoisotopic (exact) mass is 403 g/mol. The fraction of sp³-hybridized carbons (Fsp3) is 0.579. The first kappa shape index (κ1) is 18.1. The van der Waals surface area contributed by atoms with Gasteiger partial charge in [0.2, 0.25) is 0 Å². The Kier molecular flexibility index (Phi) is 4.97. The Morgan fingerprint density at radius 3 is 2.76 bits per heavy atom. The number of halogens is 1. The fourth-order valence-corrected chi connectivity index (χ4v) is 4.40. The third kappa shape index (κ3) is 3.35. The van der Waals surface area contributed by atoms with Crippen LogP contribution in [0.15, 0.2) is 27.9 Å². The van der Waals surface area contributed by atoms with Crippen LogP contribution in [0.4, 0.5) is 0 Å². The molecule has 5 nitrogen and oxygen atoms in total. The van der Waals surface area contributed by atoms with Gasteiger partial charge in [0, 0.05) is 17.8 Å². The molecule has 1 aliphatic carbocycles. The normalized spacial score (nSPS) is 31.9. The molecule has 1 aromatic rings. The van der Waals surface area contributed by atoms with Crippen LogP contribution in [0, 0.1) is 28.6 Å². The minimum Gasteiger partial charge on any atom is -0.481 e. The SMILES string of the molecule is CC1=NC(CCC2CC2)C(C)(C(=O)O)C(c2ccnc(Br)c2)C1C#N. The van der Waals surface area contributed by atoms with Crippen molar-refractivity contribution in [1.82, 2.24) is 4.98 Å². The van der Waals surface area contributed by atoms with Crippen LogP contribution in [0.25, 0.3) is 0 Å². The van der Waals surface area contributed by atoms with E-state index in [2.05, 4.69) is 27.0 Å². The smallest absolute Gasteiger partial charge is 0.312 e. The van der Waals surface area contributed by atoms with Crippen molar-refractivity contribution in [2.24, 2.45) is 22.2 Å². The molecule has 1 aliphatic heterocycles. The van der Waals surface area contributed by atoms with E-state index in [1.165, 1.54) is 12.8 Å². The van der Waals surface area contributed by atoms with E-state index in [1.54, 1.807) is 13.1 Å². The number of rotatable bonds is 5. The Labute approximate surface area is 156 Å². The van der Waals surface area contributed by atoms with Gasteiger partial charge in [0.25, 0.3) is 0 Å². The molecule has 4 unspecified atom stereocenters. The van der Waals surface area contributed by atoms with Gasteiger partial charge in [-0.25, -0.2) is 4.98 Å². The fourth-order valence-electron chi connectivity index (χ4n) is 4.01. The van der Waals surface area contributed by atoms with Crippen LogP contribution >= 0.6 is 15.9 Å². The largest absolute Gasteiger partial charge is 0.481 e. The van der Waals surface area contributed by atoms with Crippen LogP contribution in [-0.4, -0.2) is 27.8 Å². The van der Waals surface area contributed by atoms with Gasteiger partial charge in [0.15, 0.2) is 0 Å². The molecule has 1 N–H and O–H groups in total. The molecule has 2 heterocycles. The number of aliphatic carboxylic acids is 1. The summed E-state index contributed by atoms with van der Waals surface area (Å²) < 4.78 is 0.643. The molecular weight excluding hydrogens is 382 g/mol. The molecule has 0 saturated heterocycles. The minimum atomic E-state index is -1.12. The van der Waals surface area contributed by atoms with E-state index in [1.807, 2.05) is 19.1 Å². The van der Waals surface area contributed by atoms with Crippen LogP contribution in [-0.2, 0) is 4.79 Å². The molecule has 4 atom stereocenters. The highest BCUT2D eigenvalue weighted by Gasteiger charge is 2.55. The predicted octanol–water partition coefficient (Wildman–Crippen LogP) is 4.19. The van der Waals surface area contributed by atoms with Crippen LogP contribution in [0.2, 0.25) is 0 Å². The molecule has 0 amide bonds. The maximum Gasteiger partial charge on any atom is 0.312 e. The van der Waals surface area contributed by atoms with Gasteiger partial charge in [-0.3, -0.25) is 9.79 Å². The second-order valence-corrected chi connectivity index (χ2v) is 8.20. The molecule has 0 bridgehead atoms. The summed E-state index contributed by atoms with van der Waals surface area (Å²) in [5.41, 5.74) is 0.444. The quantitative estimate of drug-likeness (QED) is 0.746. The maximum atomic E-state index is 12.4. The Balaban J connectivity index is 2.08. The lowest BCUT2D eigenvalue weighted by Gasteiger charge is -2.44. The van der Waals surface area contributed by atoms with Crippen LogP contribution < -0.4 is 0 Å². The molecule has 132 valence electrons. The van der Waals surface area contributed by atoms with Gasteiger partial charge in [-0.05, 0) is 66.2 Å². The number of hydrogen-bond acceptors (Lipinski definition) is 4. The van der Waals surface area contributed by atoms with Gasteiger partial charge >= 0.3 is 5.97 Å². The minimum absolute atomic E-state index is 0.313. The number of hydrogen-bond donors (Lipinski definition) is 1. The van der Waals surface area contributed by atoms with E-state index in [9.17, 15) is 15.2 Å². The summed E-state index contributed by atoms with van der Waals surface area (Å²) in [4.78, 5) is 21.2. The number of nitrogens with zero attached hydrogens (tertiary/aromatic N) is 3. The second-order valence-electron chi connectivity index (χ2n) is 7.39. The number of pyridine rings is 1. The average Bonchev–Trinajstić information content (AvgIpc) is 3.39. The average molecular weight is 404 g/mol.